The van der Waals surface area contributed by atoms with Crippen molar-refractivity contribution in [2.45, 2.75) is 18.7 Å². The Labute approximate surface area is 121 Å². The summed E-state index contributed by atoms with van der Waals surface area (Å²) in [7, 11) is -4.30. The van der Waals surface area contributed by atoms with E-state index in [0.717, 1.165) is 0 Å². The van der Waals surface area contributed by atoms with Gasteiger partial charge in [0.25, 0.3) is 0 Å². The molecule has 8 nitrogen and oxygen atoms in total. The zero-order chi connectivity index (χ0) is 16.0. The van der Waals surface area contributed by atoms with E-state index in [2.05, 4.69) is 5.32 Å². The molecule has 0 amide bonds. The first-order valence-corrected chi connectivity index (χ1v) is 7.82. The van der Waals surface area contributed by atoms with Gasteiger partial charge < -0.3 is 24.7 Å². The Morgan fingerprint density at radius 3 is 2.52 bits per heavy atom. The molecular weight excluding hydrogens is 301 g/mol. The summed E-state index contributed by atoms with van der Waals surface area (Å²) < 4.78 is 17.0. The standard InChI is InChI=1S/C12H18NO7P/c1-2-20-21(18,19)11(13-9(7-14)12(16)17)8-5-3-4-6-10(8)15/h3-6,9,11,13-15H,2,7H2,1H3,(H,16,17)(H,18,19)/t9-,11?/m0/s1. The Kier molecular flexibility index (Phi) is 6.32. The van der Waals surface area contributed by atoms with Crippen LogP contribution in [0.25, 0.3) is 0 Å². The molecule has 0 aliphatic rings. The van der Waals surface area contributed by atoms with Crippen LogP contribution in [0.3, 0.4) is 0 Å². The van der Waals surface area contributed by atoms with E-state index in [0.29, 0.717) is 0 Å². The molecule has 1 aromatic carbocycles. The SMILES string of the molecule is CCOP(=O)(O)C(N[C@@H](CO)C(=O)O)c1ccccc1O. The van der Waals surface area contributed by atoms with Gasteiger partial charge in [0.1, 0.15) is 17.6 Å². The third-order valence-corrected chi connectivity index (χ3v) is 4.42. The van der Waals surface area contributed by atoms with E-state index in [1.165, 1.54) is 31.2 Å². The average molecular weight is 319 g/mol. The number of carboxylic acids is 1. The van der Waals surface area contributed by atoms with Gasteiger partial charge in [0.05, 0.1) is 13.2 Å². The molecule has 1 aromatic rings. The van der Waals surface area contributed by atoms with Gasteiger partial charge in [-0.3, -0.25) is 14.7 Å². The lowest BCUT2D eigenvalue weighted by Gasteiger charge is -2.26. The van der Waals surface area contributed by atoms with Crippen LogP contribution in [0, 0.1) is 0 Å². The highest BCUT2D eigenvalue weighted by Gasteiger charge is 2.38. The Morgan fingerprint density at radius 1 is 1.43 bits per heavy atom. The van der Waals surface area contributed by atoms with Crippen LogP contribution in [0.1, 0.15) is 18.3 Å². The number of aliphatic hydroxyl groups is 1. The van der Waals surface area contributed by atoms with Crippen LogP contribution in [-0.2, 0) is 13.9 Å². The lowest BCUT2D eigenvalue weighted by Crippen LogP contribution is -2.42. The number of aliphatic carboxylic acids is 1. The van der Waals surface area contributed by atoms with Crippen LogP contribution in [0.2, 0.25) is 0 Å². The summed E-state index contributed by atoms with van der Waals surface area (Å²) in [5, 5.41) is 30.1. The molecule has 21 heavy (non-hydrogen) atoms. The molecule has 0 saturated heterocycles. The fourth-order valence-corrected chi connectivity index (χ4v) is 3.19. The molecule has 9 heteroatoms. The van der Waals surface area contributed by atoms with Crippen molar-refractivity contribution in [3.05, 3.63) is 29.8 Å². The zero-order valence-electron chi connectivity index (χ0n) is 11.3. The predicted octanol–water partition coefficient (Wildman–Crippen LogP) is 0.648. The molecule has 0 heterocycles. The number of para-hydroxylation sites is 1. The number of carbonyl (C=O) groups is 1. The van der Waals surface area contributed by atoms with Crippen molar-refractivity contribution in [1.82, 2.24) is 5.32 Å². The van der Waals surface area contributed by atoms with E-state index in [9.17, 15) is 19.4 Å². The number of hydrogen-bond donors (Lipinski definition) is 5. The predicted molar refractivity (Wildman–Crippen MR) is 73.9 cm³/mol. The van der Waals surface area contributed by atoms with E-state index < -0.39 is 32.0 Å². The number of phenolic OH excluding ortho intramolecular Hbond substituents is 1. The Morgan fingerprint density at radius 2 is 2.05 bits per heavy atom. The monoisotopic (exact) mass is 319 g/mol. The highest BCUT2D eigenvalue weighted by molar-refractivity contribution is 7.53. The summed E-state index contributed by atoms with van der Waals surface area (Å²) >= 11 is 0. The van der Waals surface area contributed by atoms with Crippen LogP contribution >= 0.6 is 7.60 Å². The summed E-state index contributed by atoms with van der Waals surface area (Å²) in [6.45, 7) is 0.646. The molecule has 0 aromatic heterocycles. The van der Waals surface area contributed by atoms with Gasteiger partial charge in [-0.05, 0) is 13.0 Å². The number of phenols is 1. The third kappa shape index (κ3) is 4.52. The highest BCUT2D eigenvalue weighted by atomic mass is 31.2. The molecule has 118 valence electrons. The molecular formula is C12H18NO7P. The van der Waals surface area contributed by atoms with E-state index in [1.54, 1.807) is 0 Å². The molecule has 5 N–H and O–H groups in total. The van der Waals surface area contributed by atoms with Gasteiger partial charge in [-0.25, -0.2) is 0 Å². The molecule has 1 rings (SSSR count). The first-order valence-electron chi connectivity index (χ1n) is 6.18. The number of aliphatic hydroxyl groups excluding tert-OH is 1. The number of carboxylic acid groups (broad SMARTS) is 1. The van der Waals surface area contributed by atoms with Crippen molar-refractivity contribution in [2.24, 2.45) is 0 Å². The van der Waals surface area contributed by atoms with Crippen LogP contribution in [0.5, 0.6) is 5.75 Å². The topological polar surface area (TPSA) is 136 Å². The van der Waals surface area contributed by atoms with Gasteiger partial charge in [0.15, 0.2) is 0 Å². The molecule has 0 saturated carbocycles. The normalized spacial score (nSPS) is 16.9. The van der Waals surface area contributed by atoms with Gasteiger partial charge in [0.2, 0.25) is 0 Å². The minimum absolute atomic E-state index is 0.0106. The quantitative estimate of drug-likeness (QED) is 0.441. The Balaban J connectivity index is 3.21. The Bertz CT molecular complexity index is 536. The summed E-state index contributed by atoms with van der Waals surface area (Å²) in [6, 6.07) is 4.22. The summed E-state index contributed by atoms with van der Waals surface area (Å²) in [5.41, 5.74) is 0.0106. The lowest BCUT2D eigenvalue weighted by molar-refractivity contribution is -0.140. The fraction of sp³-hybridized carbons (Fsp3) is 0.417. The van der Waals surface area contributed by atoms with Crippen molar-refractivity contribution in [1.29, 1.82) is 0 Å². The molecule has 0 aliphatic heterocycles. The van der Waals surface area contributed by atoms with Gasteiger partial charge in [-0.1, -0.05) is 18.2 Å². The minimum Gasteiger partial charge on any atom is -0.508 e. The van der Waals surface area contributed by atoms with Crippen molar-refractivity contribution in [3.63, 3.8) is 0 Å². The smallest absolute Gasteiger partial charge is 0.349 e. The molecule has 0 spiro atoms. The van der Waals surface area contributed by atoms with Gasteiger partial charge in [0, 0.05) is 5.56 Å². The molecule has 2 unspecified atom stereocenters. The molecule has 0 bridgehead atoms. The number of benzene rings is 1. The van der Waals surface area contributed by atoms with Crippen LogP contribution in [0.4, 0.5) is 0 Å². The highest BCUT2D eigenvalue weighted by Crippen LogP contribution is 2.56. The second-order valence-corrected chi connectivity index (χ2v) is 6.09. The lowest BCUT2D eigenvalue weighted by atomic mass is 10.2. The maximum atomic E-state index is 12.2. The maximum absolute atomic E-state index is 12.2. The molecule has 3 atom stereocenters. The van der Waals surface area contributed by atoms with Crippen molar-refractivity contribution in [3.8, 4) is 5.75 Å². The van der Waals surface area contributed by atoms with E-state index in [1.807, 2.05) is 0 Å². The number of nitrogens with one attached hydrogen (secondary N) is 1. The van der Waals surface area contributed by atoms with Gasteiger partial charge in [-0.2, -0.15) is 0 Å². The number of rotatable bonds is 8. The van der Waals surface area contributed by atoms with Crippen LogP contribution in [-0.4, -0.2) is 45.4 Å². The Hall–Kier alpha value is -1.44. The molecule has 0 radical (unpaired) electrons. The summed E-state index contributed by atoms with van der Waals surface area (Å²) in [4.78, 5) is 20.9. The fourth-order valence-electron chi connectivity index (χ4n) is 1.73. The van der Waals surface area contributed by atoms with Crippen molar-refractivity contribution < 1.29 is 34.1 Å². The van der Waals surface area contributed by atoms with Crippen molar-refractivity contribution >= 4 is 13.6 Å². The maximum Gasteiger partial charge on any atom is 0.349 e. The van der Waals surface area contributed by atoms with E-state index >= 15 is 0 Å². The minimum atomic E-state index is -4.30. The zero-order valence-corrected chi connectivity index (χ0v) is 12.2. The van der Waals surface area contributed by atoms with Crippen LogP contribution < -0.4 is 5.32 Å². The van der Waals surface area contributed by atoms with Crippen LogP contribution in [0.15, 0.2) is 24.3 Å². The first kappa shape index (κ1) is 17.6. The number of aromatic hydroxyl groups is 1. The molecule has 0 aliphatic carbocycles. The van der Waals surface area contributed by atoms with Gasteiger partial charge in [-0.15, -0.1) is 0 Å². The molecule has 0 fully saturated rings. The van der Waals surface area contributed by atoms with Crippen molar-refractivity contribution in [2.75, 3.05) is 13.2 Å². The van der Waals surface area contributed by atoms with Gasteiger partial charge >= 0.3 is 13.6 Å². The third-order valence-electron chi connectivity index (χ3n) is 2.71. The average Bonchev–Trinajstić information content (AvgIpc) is 2.40. The largest absolute Gasteiger partial charge is 0.508 e. The number of hydrogen-bond acceptors (Lipinski definition) is 6. The second-order valence-electron chi connectivity index (χ2n) is 4.18. The van der Waals surface area contributed by atoms with E-state index in [-0.39, 0.29) is 17.9 Å². The second kappa shape index (κ2) is 7.53. The first-order chi connectivity index (χ1) is 9.83. The summed E-state index contributed by atoms with van der Waals surface area (Å²) in [6.07, 6.45) is 0. The summed E-state index contributed by atoms with van der Waals surface area (Å²) in [5.74, 6) is -3.16. The van der Waals surface area contributed by atoms with E-state index in [4.69, 9.17) is 14.7 Å².